The first-order chi connectivity index (χ1) is 5.11. The van der Waals surface area contributed by atoms with Gasteiger partial charge in [0, 0.05) is 0 Å². The van der Waals surface area contributed by atoms with Gasteiger partial charge in [-0.25, -0.2) is 13.6 Å². The largest absolute Gasteiger partial charge is 0.477 e. The van der Waals surface area contributed by atoms with Crippen LogP contribution in [0.3, 0.4) is 0 Å². The summed E-state index contributed by atoms with van der Waals surface area (Å²) in [5.74, 6) is -1.24. The molecule has 1 heterocycles. The fraction of sp³-hybridized carbons (Fsp3) is 0.167. The second kappa shape index (κ2) is 2.69. The van der Waals surface area contributed by atoms with Gasteiger partial charge >= 0.3 is 5.97 Å². The van der Waals surface area contributed by atoms with Gasteiger partial charge in [0.25, 0.3) is 6.43 Å². The van der Waals surface area contributed by atoms with E-state index in [4.69, 9.17) is 5.11 Å². The topological polar surface area (TPSA) is 53.1 Å². The number of aromatic nitrogens is 1. The van der Waals surface area contributed by atoms with Crippen molar-refractivity contribution in [2.24, 2.45) is 0 Å². The third-order valence-corrected chi connectivity index (χ3v) is 1.17. The molecule has 0 aromatic carbocycles. The summed E-state index contributed by atoms with van der Waals surface area (Å²) in [6.45, 7) is 0. The maximum absolute atomic E-state index is 11.8. The molecular weight excluding hydrogens is 156 g/mol. The highest BCUT2D eigenvalue weighted by atomic mass is 19.3. The summed E-state index contributed by atoms with van der Waals surface area (Å²) < 4.78 is 23.6. The van der Waals surface area contributed by atoms with E-state index >= 15 is 0 Å². The average Bonchev–Trinajstić information content (AvgIpc) is 2.33. The number of hydrogen-bond acceptors (Lipinski definition) is 1. The van der Waals surface area contributed by atoms with Crippen LogP contribution in [0.25, 0.3) is 0 Å². The number of carboxylic acids is 1. The summed E-state index contributed by atoms with van der Waals surface area (Å²) in [6, 6.07) is 2.15. The number of halogens is 2. The summed E-state index contributed by atoms with van der Waals surface area (Å²) >= 11 is 0. The molecule has 0 aliphatic carbocycles. The van der Waals surface area contributed by atoms with Crippen molar-refractivity contribution in [3.8, 4) is 0 Å². The maximum Gasteiger partial charge on any atom is 0.352 e. The normalized spacial score (nSPS) is 10.5. The smallest absolute Gasteiger partial charge is 0.352 e. The number of hydrogen-bond donors (Lipinski definition) is 2. The number of nitrogens with one attached hydrogen (secondary N) is 1. The van der Waals surface area contributed by atoms with Gasteiger partial charge in [0.1, 0.15) is 5.69 Å². The van der Waals surface area contributed by atoms with Crippen LogP contribution in [0, 0.1) is 0 Å². The summed E-state index contributed by atoms with van der Waals surface area (Å²) in [6.07, 6.45) is -2.65. The van der Waals surface area contributed by atoms with E-state index < -0.39 is 12.4 Å². The molecule has 0 saturated carbocycles. The minimum absolute atomic E-state index is 0.222. The molecule has 2 N–H and O–H groups in total. The molecular formula is C6H5F2NO2. The number of aromatic carboxylic acids is 1. The van der Waals surface area contributed by atoms with Crippen LogP contribution in [0.4, 0.5) is 8.78 Å². The molecule has 0 bridgehead atoms. The van der Waals surface area contributed by atoms with E-state index in [9.17, 15) is 13.6 Å². The Morgan fingerprint density at radius 1 is 1.55 bits per heavy atom. The van der Waals surface area contributed by atoms with Gasteiger partial charge in [-0.2, -0.15) is 0 Å². The SMILES string of the molecule is O=C(O)c1ccc(C(F)F)[nH]1. The third kappa shape index (κ3) is 1.54. The lowest BCUT2D eigenvalue weighted by molar-refractivity contribution is 0.0690. The van der Waals surface area contributed by atoms with Crippen molar-refractivity contribution in [1.82, 2.24) is 4.98 Å². The molecule has 0 atom stereocenters. The quantitative estimate of drug-likeness (QED) is 0.692. The van der Waals surface area contributed by atoms with E-state index in [2.05, 4.69) is 4.98 Å². The molecule has 1 aromatic rings. The van der Waals surface area contributed by atoms with Crippen LogP contribution in [0.2, 0.25) is 0 Å². The lowest BCUT2D eigenvalue weighted by atomic mass is 10.4. The number of carbonyl (C=O) groups is 1. The zero-order valence-electron chi connectivity index (χ0n) is 5.34. The van der Waals surface area contributed by atoms with Crippen molar-refractivity contribution in [1.29, 1.82) is 0 Å². The van der Waals surface area contributed by atoms with Gasteiger partial charge in [-0.3, -0.25) is 0 Å². The second-order valence-corrected chi connectivity index (χ2v) is 1.93. The molecule has 0 spiro atoms. The lowest BCUT2D eigenvalue weighted by Gasteiger charge is -1.91. The van der Waals surface area contributed by atoms with Gasteiger partial charge in [0.05, 0.1) is 5.69 Å². The Kier molecular flexibility index (Phi) is 1.89. The van der Waals surface area contributed by atoms with Gasteiger partial charge in [-0.1, -0.05) is 0 Å². The molecule has 0 aliphatic heterocycles. The Bertz CT molecular complexity index is 269. The van der Waals surface area contributed by atoms with Crippen molar-refractivity contribution in [3.63, 3.8) is 0 Å². The van der Waals surface area contributed by atoms with Crippen LogP contribution in [-0.4, -0.2) is 16.1 Å². The molecule has 0 saturated heterocycles. The molecule has 0 radical (unpaired) electrons. The summed E-state index contributed by atoms with van der Waals surface area (Å²) in [5, 5.41) is 8.30. The zero-order valence-corrected chi connectivity index (χ0v) is 5.34. The van der Waals surface area contributed by atoms with Crippen LogP contribution in [0.15, 0.2) is 12.1 Å². The Morgan fingerprint density at radius 2 is 2.18 bits per heavy atom. The average molecular weight is 161 g/mol. The molecule has 0 aliphatic rings. The highest BCUT2D eigenvalue weighted by Gasteiger charge is 2.11. The number of alkyl halides is 2. The molecule has 0 fully saturated rings. The predicted molar refractivity (Wildman–Crippen MR) is 32.7 cm³/mol. The summed E-state index contributed by atoms with van der Waals surface area (Å²) in [7, 11) is 0. The molecule has 60 valence electrons. The Hall–Kier alpha value is -1.39. The Morgan fingerprint density at radius 3 is 2.45 bits per heavy atom. The molecule has 0 amide bonds. The lowest BCUT2D eigenvalue weighted by Crippen LogP contribution is -1.96. The van der Waals surface area contributed by atoms with E-state index in [-0.39, 0.29) is 11.4 Å². The molecule has 1 aromatic heterocycles. The first kappa shape index (κ1) is 7.71. The number of carboxylic acid groups (broad SMARTS) is 1. The molecule has 0 unspecified atom stereocenters. The Balaban J connectivity index is 2.90. The second-order valence-electron chi connectivity index (χ2n) is 1.93. The summed E-state index contributed by atoms with van der Waals surface area (Å²) in [4.78, 5) is 12.2. The number of aromatic amines is 1. The first-order valence-corrected chi connectivity index (χ1v) is 2.81. The van der Waals surface area contributed by atoms with Gasteiger partial charge < -0.3 is 10.1 Å². The third-order valence-electron chi connectivity index (χ3n) is 1.17. The van der Waals surface area contributed by atoms with E-state index in [1.165, 1.54) is 0 Å². The van der Waals surface area contributed by atoms with E-state index in [1.54, 1.807) is 0 Å². The van der Waals surface area contributed by atoms with Gasteiger partial charge in [-0.15, -0.1) is 0 Å². The van der Waals surface area contributed by atoms with Crippen molar-refractivity contribution >= 4 is 5.97 Å². The number of rotatable bonds is 2. The van der Waals surface area contributed by atoms with Crippen molar-refractivity contribution in [2.45, 2.75) is 6.43 Å². The van der Waals surface area contributed by atoms with Crippen LogP contribution in [0.1, 0.15) is 22.6 Å². The van der Waals surface area contributed by atoms with Crippen LogP contribution >= 0.6 is 0 Å². The Labute approximate surface area is 60.7 Å². The standard InChI is InChI=1S/C6H5F2NO2/c7-5(8)3-1-2-4(9-3)6(10)11/h1-2,5,9H,(H,10,11). The maximum atomic E-state index is 11.8. The van der Waals surface area contributed by atoms with Crippen LogP contribution in [-0.2, 0) is 0 Å². The zero-order chi connectivity index (χ0) is 8.43. The number of H-pyrrole nitrogens is 1. The van der Waals surface area contributed by atoms with Crippen LogP contribution < -0.4 is 0 Å². The molecule has 3 nitrogen and oxygen atoms in total. The molecule has 11 heavy (non-hydrogen) atoms. The fourth-order valence-corrected chi connectivity index (χ4v) is 0.664. The van der Waals surface area contributed by atoms with Gasteiger partial charge in [0.2, 0.25) is 0 Å². The van der Waals surface area contributed by atoms with Crippen molar-refractivity contribution in [3.05, 3.63) is 23.5 Å². The molecule has 5 heteroatoms. The van der Waals surface area contributed by atoms with E-state index in [1.807, 2.05) is 0 Å². The first-order valence-electron chi connectivity index (χ1n) is 2.81. The highest BCUT2D eigenvalue weighted by Crippen LogP contribution is 2.17. The minimum atomic E-state index is -2.65. The van der Waals surface area contributed by atoms with Gasteiger partial charge in [0.15, 0.2) is 0 Å². The van der Waals surface area contributed by atoms with Crippen molar-refractivity contribution < 1.29 is 18.7 Å². The predicted octanol–water partition coefficient (Wildman–Crippen LogP) is 1.65. The molecule has 1 rings (SSSR count). The minimum Gasteiger partial charge on any atom is -0.477 e. The van der Waals surface area contributed by atoms with Crippen LogP contribution in [0.5, 0.6) is 0 Å². The monoisotopic (exact) mass is 161 g/mol. The highest BCUT2D eigenvalue weighted by molar-refractivity contribution is 5.85. The van der Waals surface area contributed by atoms with Crippen molar-refractivity contribution in [2.75, 3.05) is 0 Å². The van der Waals surface area contributed by atoms with E-state index in [0.717, 1.165) is 12.1 Å². The van der Waals surface area contributed by atoms with Gasteiger partial charge in [-0.05, 0) is 12.1 Å². The van der Waals surface area contributed by atoms with E-state index in [0.29, 0.717) is 0 Å². The fourth-order valence-electron chi connectivity index (χ4n) is 0.664. The summed E-state index contributed by atoms with van der Waals surface area (Å²) in [5.41, 5.74) is -0.595.